The van der Waals surface area contributed by atoms with Gasteiger partial charge in [-0.1, -0.05) is 42.5 Å². The molecule has 1 heterocycles. The van der Waals surface area contributed by atoms with Crippen molar-refractivity contribution < 1.29 is 9.50 Å². The van der Waals surface area contributed by atoms with Crippen molar-refractivity contribution in [2.45, 2.75) is 38.5 Å². The maximum atomic E-state index is 14.0. The van der Waals surface area contributed by atoms with Crippen LogP contribution in [0.1, 0.15) is 49.3 Å². The van der Waals surface area contributed by atoms with Gasteiger partial charge in [0.1, 0.15) is 6.67 Å². The standard InChI is InChI=1S/C22H28FN3O2/c1-15(2)25-18-12-8-7-11-17(13-23)20(18)26(22(25)28)21(19(27)14-24-3)16-9-5-4-6-10-16/h4-6,8-12,15,19,21,24,27H,7,13-14H2,1-3H3. The normalized spacial score (nSPS) is 15.9. The minimum absolute atomic E-state index is 0.0935. The third kappa shape index (κ3) is 3.62. The molecular weight excluding hydrogens is 357 g/mol. The Kier molecular flexibility index (Phi) is 6.31. The number of hydrogen-bond donors (Lipinski definition) is 2. The van der Waals surface area contributed by atoms with Crippen LogP contribution in [0.5, 0.6) is 0 Å². The van der Waals surface area contributed by atoms with Crippen molar-refractivity contribution in [3.05, 3.63) is 69.9 Å². The number of aliphatic hydroxyl groups is 1. The van der Waals surface area contributed by atoms with Crippen LogP contribution < -0.4 is 11.0 Å². The van der Waals surface area contributed by atoms with Gasteiger partial charge in [0.25, 0.3) is 0 Å². The molecule has 0 bridgehead atoms. The summed E-state index contributed by atoms with van der Waals surface area (Å²) < 4.78 is 17.2. The molecule has 150 valence electrons. The molecule has 1 aromatic heterocycles. The van der Waals surface area contributed by atoms with E-state index in [1.165, 1.54) is 0 Å². The SMILES string of the molecule is CNCC(O)C(c1ccccc1)n1c2c(n(C(C)C)c1=O)C=CCC=C2CF. The number of halogens is 1. The molecule has 1 aliphatic carbocycles. The average Bonchev–Trinajstić information content (AvgIpc) is 2.82. The molecule has 0 saturated carbocycles. The third-order valence-electron chi connectivity index (χ3n) is 5.09. The van der Waals surface area contributed by atoms with Gasteiger partial charge in [-0.3, -0.25) is 9.13 Å². The monoisotopic (exact) mass is 385 g/mol. The van der Waals surface area contributed by atoms with Crippen LogP contribution in [0.15, 0.2) is 47.3 Å². The topological polar surface area (TPSA) is 59.2 Å². The molecule has 0 aliphatic heterocycles. The molecule has 0 radical (unpaired) electrons. The fraction of sp³-hybridized carbons (Fsp3) is 0.409. The van der Waals surface area contributed by atoms with Gasteiger partial charge in [0.15, 0.2) is 0 Å². The Labute approximate surface area is 164 Å². The van der Waals surface area contributed by atoms with Gasteiger partial charge in [-0.25, -0.2) is 9.18 Å². The van der Waals surface area contributed by atoms with Crippen LogP contribution in [0, 0.1) is 0 Å². The fourth-order valence-corrected chi connectivity index (χ4v) is 3.91. The van der Waals surface area contributed by atoms with E-state index in [9.17, 15) is 14.3 Å². The number of imidazole rings is 1. The Balaban J connectivity index is 2.35. The average molecular weight is 385 g/mol. The Hall–Kier alpha value is -2.44. The zero-order chi connectivity index (χ0) is 20.3. The van der Waals surface area contributed by atoms with E-state index in [0.29, 0.717) is 29.9 Å². The summed E-state index contributed by atoms with van der Waals surface area (Å²) in [7, 11) is 1.75. The molecule has 0 fully saturated rings. The van der Waals surface area contributed by atoms with Gasteiger partial charge in [0.05, 0.1) is 23.5 Å². The number of nitrogens with one attached hydrogen (secondary N) is 1. The molecule has 3 rings (SSSR count). The predicted molar refractivity (Wildman–Crippen MR) is 111 cm³/mol. The van der Waals surface area contributed by atoms with Crippen molar-refractivity contribution in [2.75, 3.05) is 20.3 Å². The summed E-state index contributed by atoms with van der Waals surface area (Å²) in [6, 6.07) is 8.71. The highest BCUT2D eigenvalue weighted by molar-refractivity contribution is 5.74. The van der Waals surface area contributed by atoms with E-state index in [0.717, 1.165) is 5.56 Å². The lowest BCUT2D eigenvalue weighted by Crippen LogP contribution is -2.39. The largest absolute Gasteiger partial charge is 0.389 e. The molecule has 2 unspecified atom stereocenters. The number of allylic oxidation sites excluding steroid dienone is 3. The summed E-state index contributed by atoms with van der Waals surface area (Å²) in [4.78, 5) is 13.5. The zero-order valence-electron chi connectivity index (χ0n) is 16.6. The summed E-state index contributed by atoms with van der Waals surface area (Å²) in [5.41, 5.74) is 2.30. The van der Waals surface area contributed by atoms with E-state index < -0.39 is 18.8 Å². The molecule has 1 aromatic carbocycles. The minimum Gasteiger partial charge on any atom is -0.389 e. The summed E-state index contributed by atoms with van der Waals surface area (Å²) in [6.45, 7) is 3.51. The molecular formula is C22H28FN3O2. The molecule has 2 N–H and O–H groups in total. The van der Waals surface area contributed by atoms with E-state index in [4.69, 9.17) is 0 Å². The summed E-state index contributed by atoms with van der Waals surface area (Å²) >= 11 is 0. The first-order chi connectivity index (χ1) is 13.5. The molecule has 5 nitrogen and oxygen atoms in total. The van der Waals surface area contributed by atoms with Crippen molar-refractivity contribution in [1.82, 2.24) is 14.5 Å². The zero-order valence-corrected chi connectivity index (χ0v) is 16.6. The number of rotatable bonds is 7. The van der Waals surface area contributed by atoms with Crippen LogP contribution in [0.3, 0.4) is 0 Å². The van der Waals surface area contributed by atoms with Crippen LogP contribution in [0.4, 0.5) is 4.39 Å². The van der Waals surface area contributed by atoms with Crippen molar-refractivity contribution in [3.8, 4) is 0 Å². The van der Waals surface area contributed by atoms with Crippen LogP contribution >= 0.6 is 0 Å². The second-order valence-electron chi connectivity index (χ2n) is 7.33. The fourth-order valence-electron chi connectivity index (χ4n) is 3.91. The molecule has 2 aromatic rings. The molecule has 28 heavy (non-hydrogen) atoms. The van der Waals surface area contributed by atoms with E-state index in [2.05, 4.69) is 5.32 Å². The molecule has 1 aliphatic rings. The Morgan fingerprint density at radius 3 is 2.54 bits per heavy atom. The number of benzene rings is 1. The number of aliphatic hydroxyl groups excluding tert-OH is 1. The van der Waals surface area contributed by atoms with Crippen LogP contribution in [0.2, 0.25) is 0 Å². The van der Waals surface area contributed by atoms with Crippen molar-refractivity contribution in [1.29, 1.82) is 0 Å². The van der Waals surface area contributed by atoms with Gasteiger partial charge in [0.2, 0.25) is 0 Å². The summed E-state index contributed by atoms with van der Waals surface area (Å²) in [6.07, 6.45) is 5.39. The van der Waals surface area contributed by atoms with Crippen LogP contribution in [0.25, 0.3) is 11.6 Å². The van der Waals surface area contributed by atoms with Gasteiger partial charge in [0, 0.05) is 18.2 Å². The minimum atomic E-state index is -0.856. The highest BCUT2D eigenvalue weighted by Gasteiger charge is 2.32. The Bertz CT molecular complexity index is 925. The maximum absolute atomic E-state index is 14.0. The highest BCUT2D eigenvalue weighted by Crippen LogP contribution is 2.32. The van der Waals surface area contributed by atoms with Gasteiger partial charge in [-0.15, -0.1) is 0 Å². The van der Waals surface area contributed by atoms with Gasteiger partial charge in [-0.2, -0.15) is 0 Å². The maximum Gasteiger partial charge on any atom is 0.330 e. The first kappa shape index (κ1) is 20.3. The van der Waals surface area contributed by atoms with Gasteiger partial charge < -0.3 is 10.4 Å². The number of fused-ring (bicyclic) bond motifs is 1. The number of nitrogens with zero attached hydrogens (tertiary/aromatic N) is 2. The number of likely N-dealkylation sites (N-methyl/N-ethyl adjacent to an activating group) is 1. The lowest BCUT2D eigenvalue weighted by atomic mass is 9.99. The van der Waals surface area contributed by atoms with Crippen LogP contribution in [-0.2, 0) is 0 Å². The highest BCUT2D eigenvalue weighted by atomic mass is 19.1. The first-order valence-corrected chi connectivity index (χ1v) is 9.67. The molecule has 0 spiro atoms. The number of aromatic nitrogens is 2. The number of hydrogen-bond acceptors (Lipinski definition) is 3. The van der Waals surface area contributed by atoms with Gasteiger partial charge >= 0.3 is 5.69 Å². The number of alkyl halides is 1. The van der Waals surface area contributed by atoms with E-state index in [1.54, 1.807) is 16.2 Å². The first-order valence-electron chi connectivity index (χ1n) is 9.67. The Morgan fingerprint density at radius 1 is 1.21 bits per heavy atom. The Morgan fingerprint density at radius 2 is 1.93 bits per heavy atom. The van der Waals surface area contributed by atoms with Crippen LogP contribution in [-0.4, -0.2) is 40.6 Å². The summed E-state index contributed by atoms with van der Waals surface area (Å²) in [5, 5.41) is 13.9. The van der Waals surface area contributed by atoms with Crippen molar-refractivity contribution in [2.24, 2.45) is 0 Å². The van der Waals surface area contributed by atoms with E-state index in [-0.39, 0.29) is 11.7 Å². The summed E-state index contributed by atoms with van der Waals surface area (Å²) in [5.74, 6) is 0. The van der Waals surface area contributed by atoms with Gasteiger partial charge in [-0.05, 0) is 39.0 Å². The predicted octanol–water partition coefficient (Wildman–Crippen LogP) is 3.17. The van der Waals surface area contributed by atoms with E-state index in [1.807, 2.05) is 62.4 Å². The molecule has 0 saturated heterocycles. The van der Waals surface area contributed by atoms with E-state index >= 15 is 0 Å². The van der Waals surface area contributed by atoms with Crippen molar-refractivity contribution in [3.63, 3.8) is 0 Å². The smallest absolute Gasteiger partial charge is 0.330 e. The molecule has 2 atom stereocenters. The molecule has 0 amide bonds. The quantitative estimate of drug-likeness (QED) is 0.770. The lowest BCUT2D eigenvalue weighted by Gasteiger charge is -2.26. The van der Waals surface area contributed by atoms with Crippen molar-refractivity contribution >= 4 is 11.6 Å². The third-order valence-corrected chi connectivity index (χ3v) is 5.09. The lowest BCUT2D eigenvalue weighted by molar-refractivity contribution is 0.128. The second kappa shape index (κ2) is 8.71. The molecule has 6 heteroatoms. The second-order valence-corrected chi connectivity index (χ2v) is 7.33.